The van der Waals surface area contributed by atoms with E-state index in [4.69, 9.17) is 28.1 Å². The number of amides is 1. The van der Waals surface area contributed by atoms with Gasteiger partial charge in [0.2, 0.25) is 6.10 Å². The fourth-order valence-electron chi connectivity index (χ4n) is 6.55. The van der Waals surface area contributed by atoms with Crippen LogP contribution in [0.4, 0.5) is 0 Å². The first kappa shape index (κ1) is 34.8. The maximum absolute atomic E-state index is 14.3. The molecule has 48 heavy (non-hydrogen) atoms. The van der Waals surface area contributed by atoms with Crippen LogP contribution in [0.15, 0.2) is 84.9 Å². The van der Waals surface area contributed by atoms with E-state index >= 15 is 0 Å². The smallest absolute Gasteiger partial charge is 0.335 e. The molecule has 11 nitrogen and oxygen atoms in total. The number of morpholine rings is 1. The normalized spacial score (nSPS) is 22.7. The number of benzene rings is 3. The molecular weight excluding hydrogens is 634 g/mol. The highest BCUT2D eigenvalue weighted by molar-refractivity contribution is 6.99. The number of hydrogen-bond donors (Lipinski definition) is 0. The van der Waals surface area contributed by atoms with Crippen molar-refractivity contribution in [1.29, 1.82) is 0 Å². The molecule has 2 aliphatic heterocycles. The van der Waals surface area contributed by atoms with Gasteiger partial charge in [-0.1, -0.05) is 93.6 Å². The van der Waals surface area contributed by atoms with Crippen molar-refractivity contribution in [2.75, 3.05) is 20.3 Å². The molecule has 0 saturated carbocycles. The molecule has 0 aromatic heterocycles. The first-order chi connectivity index (χ1) is 22.8. The van der Waals surface area contributed by atoms with Crippen LogP contribution in [0.2, 0.25) is 5.04 Å². The van der Waals surface area contributed by atoms with E-state index in [0.717, 1.165) is 17.3 Å². The van der Waals surface area contributed by atoms with E-state index < -0.39 is 61.3 Å². The molecule has 0 unspecified atom stereocenters. The third kappa shape index (κ3) is 6.73. The minimum Gasteiger partial charge on any atom is -0.497 e. The first-order valence-corrected chi connectivity index (χ1v) is 17.6. The molecule has 2 saturated heterocycles. The molecule has 12 heteroatoms. The minimum absolute atomic E-state index is 0.0251. The number of rotatable bonds is 10. The minimum atomic E-state index is -3.15. The van der Waals surface area contributed by atoms with Crippen LogP contribution in [0.5, 0.6) is 5.75 Å². The zero-order chi connectivity index (χ0) is 34.7. The van der Waals surface area contributed by atoms with Gasteiger partial charge in [-0.3, -0.25) is 19.2 Å². The van der Waals surface area contributed by atoms with Crippen molar-refractivity contribution in [3.63, 3.8) is 0 Å². The molecular formula is C36H41NO10Si. The van der Waals surface area contributed by atoms with Crippen LogP contribution in [0.25, 0.3) is 0 Å². The van der Waals surface area contributed by atoms with Gasteiger partial charge in [-0.25, -0.2) is 0 Å². The van der Waals surface area contributed by atoms with Crippen LogP contribution in [-0.2, 0) is 49.1 Å². The summed E-state index contributed by atoms with van der Waals surface area (Å²) in [5.74, 6) is -4.83. The van der Waals surface area contributed by atoms with Crippen molar-refractivity contribution < 1.29 is 47.3 Å². The SMILES string of the molecule is COc1ccc(CN2CC(=O)O[C@]3(O[C@H](CO[Si](c4ccccc4)(c4ccccc4)C(C)(C)C)[C@H](OC(C)=O)[C@@H]3OC(C)=O)C2=O)cc1. The summed E-state index contributed by atoms with van der Waals surface area (Å²) >= 11 is 0. The standard InChI is InChI=1S/C36H41NO10Si/c1-24(38)44-32-30(23-43-48(35(3,4)5,28-13-9-7-10-14-28)29-15-11-8-12-16-29)46-36(33(32)45-25(2)39)34(41)37(22-31(40)47-36)21-26-17-19-27(42-6)20-18-26/h7-20,30,32-33H,21-23H2,1-6H3/t30-,32+,33+,36+/m1/s1. The lowest BCUT2D eigenvalue weighted by atomic mass is 10.0. The molecule has 0 N–H and O–H groups in total. The van der Waals surface area contributed by atoms with Crippen molar-refractivity contribution in [2.45, 2.75) is 70.3 Å². The van der Waals surface area contributed by atoms with Crippen LogP contribution in [0, 0.1) is 0 Å². The van der Waals surface area contributed by atoms with Gasteiger partial charge in [0.15, 0.2) is 6.10 Å². The van der Waals surface area contributed by atoms with E-state index in [2.05, 4.69) is 20.8 Å². The molecule has 2 aliphatic rings. The predicted molar refractivity (Wildman–Crippen MR) is 177 cm³/mol. The van der Waals surface area contributed by atoms with Gasteiger partial charge in [0.05, 0.1) is 13.7 Å². The Morgan fingerprint density at radius 2 is 1.44 bits per heavy atom. The van der Waals surface area contributed by atoms with E-state index in [1.807, 2.05) is 60.7 Å². The first-order valence-electron chi connectivity index (χ1n) is 15.7. The highest BCUT2D eigenvalue weighted by Crippen LogP contribution is 2.42. The van der Waals surface area contributed by atoms with Gasteiger partial charge in [-0.05, 0) is 33.1 Å². The largest absolute Gasteiger partial charge is 0.497 e. The Labute approximate surface area is 281 Å². The van der Waals surface area contributed by atoms with Crippen LogP contribution in [0.1, 0.15) is 40.2 Å². The zero-order valence-electron chi connectivity index (χ0n) is 28.0. The predicted octanol–water partition coefficient (Wildman–Crippen LogP) is 3.12. The molecule has 0 bridgehead atoms. The molecule has 2 heterocycles. The van der Waals surface area contributed by atoms with Gasteiger partial charge in [0.1, 0.15) is 18.4 Å². The molecule has 3 aromatic carbocycles. The summed E-state index contributed by atoms with van der Waals surface area (Å²) in [6.07, 6.45) is -4.12. The second-order valence-corrected chi connectivity index (χ2v) is 17.2. The second-order valence-electron chi connectivity index (χ2n) is 12.9. The summed E-state index contributed by atoms with van der Waals surface area (Å²) in [7, 11) is -1.60. The van der Waals surface area contributed by atoms with Crippen molar-refractivity contribution in [3.05, 3.63) is 90.5 Å². The summed E-state index contributed by atoms with van der Waals surface area (Å²) in [5, 5.41) is 1.56. The molecule has 0 aliphatic carbocycles. The van der Waals surface area contributed by atoms with Crippen LogP contribution in [0.3, 0.4) is 0 Å². The van der Waals surface area contributed by atoms with Gasteiger partial charge >= 0.3 is 29.6 Å². The molecule has 4 atom stereocenters. The summed E-state index contributed by atoms with van der Waals surface area (Å²) < 4.78 is 35.7. The van der Waals surface area contributed by atoms with Crippen LogP contribution in [-0.4, -0.2) is 81.4 Å². The molecule has 1 spiro atoms. The fraction of sp³-hybridized carbons (Fsp3) is 0.389. The van der Waals surface area contributed by atoms with Gasteiger partial charge in [0.25, 0.3) is 8.32 Å². The Bertz CT molecular complexity index is 1590. The Morgan fingerprint density at radius 1 is 0.875 bits per heavy atom. The van der Waals surface area contributed by atoms with E-state index in [1.54, 1.807) is 31.4 Å². The summed E-state index contributed by atoms with van der Waals surface area (Å²) in [6.45, 7) is 8.12. The number of carbonyl (C=O) groups is 4. The van der Waals surface area contributed by atoms with E-state index in [9.17, 15) is 19.2 Å². The van der Waals surface area contributed by atoms with Crippen molar-refractivity contribution in [3.8, 4) is 5.75 Å². The van der Waals surface area contributed by atoms with Gasteiger partial charge < -0.3 is 33.0 Å². The maximum atomic E-state index is 14.3. The highest BCUT2D eigenvalue weighted by atomic mass is 28.4. The number of hydrogen-bond acceptors (Lipinski definition) is 10. The van der Waals surface area contributed by atoms with Crippen molar-refractivity contribution in [1.82, 2.24) is 4.90 Å². The number of methoxy groups -OCH3 is 1. The quantitative estimate of drug-likeness (QED) is 0.180. The third-order valence-corrected chi connectivity index (χ3v) is 13.5. The van der Waals surface area contributed by atoms with E-state index in [1.165, 1.54) is 11.8 Å². The zero-order valence-corrected chi connectivity index (χ0v) is 29.0. The maximum Gasteiger partial charge on any atom is 0.335 e. The molecule has 0 radical (unpaired) electrons. The average molecular weight is 676 g/mol. The Hall–Kier alpha value is -4.52. The second kappa shape index (κ2) is 13.9. The Balaban J connectivity index is 1.56. The van der Waals surface area contributed by atoms with Gasteiger partial charge in [-0.2, -0.15) is 0 Å². The lowest BCUT2D eigenvalue weighted by Crippen LogP contribution is -2.67. The number of nitrogens with zero attached hydrogens (tertiary/aromatic N) is 1. The molecule has 5 rings (SSSR count). The summed E-state index contributed by atoms with van der Waals surface area (Å²) in [6, 6.07) is 26.8. The molecule has 2 fully saturated rings. The van der Waals surface area contributed by atoms with E-state index in [0.29, 0.717) is 11.3 Å². The summed E-state index contributed by atoms with van der Waals surface area (Å²) in [5.41, 5.74) is 0.708. The lowest BCUT2D eigenvalue weighted by molar-refractivity contribution is -0.262. The third-order valence-electron chi connectivity index (χ3n) is 8.54. The average Bonchev–Trinajstić information content (AvgIpc) is 3.31. The monoisotopic (exact) mass is 675 g/mol. The molecule has 3 aromatic rings. The number of ether oxygens (including phenoxy) is 5. The molecule has 1 amide bonds. The Morgan fingerprint density at radius 3 is 1.94 bits per heavy atom. The van der Waals surface area contributed by atoms with Gasteiger partial charge in [0, 0.05) is 20.4 Å². The lowest BCUT2D eigenvalue weighted by Gasteiger charge is -2.43. The highest BCUT2D eigenvalue weighted by Gasteiger charge is 2.69. The number of carbonyl (C=O) groups excluding carboxylic acids is 4. The molecule has 254 valence electrons. The van der Waals surface area contributed by atoms with Crippen molar-refractivity contribution in [2.24, 2.45) is 0 Å². The topological polar surface area (TPSA) is 127 Å². The van der Waals surface area contributed by atoms with Crippen molar-refractivity contribution >= 4 is 42.5 Å². The van der Waals surface area contributed by atoms with Crippen LogP contribution >= 0.6 is 0 Å². The summed E-state index contributed by atoms with van der Waals surface area (Å²) in [4.78, 5) is 53.7. The Kier molecular flexibility index (Phi) is 10.1. The fourth-order valence-corrected chi connectivity index (χ4v) is 11.1. The van der Waals surface area contributed by atoms with Gasteiger partial charge in [-0.15, -0.1) is 0 Å². The van der Waals surface area contributed by atoms with E-state index in [-0.39, 0.29) is 19.7 Å². The number of esters is 3. The van der Waals surface area contributed by atoms with Crippen LogP contribution < -0.4 is 15.1 Å².